The van der Waals surface area contributed by atoms with E-state index in [0.717, 1.165) is 23.0 Å². The Hall–Kier alpha value is -4.71. The molecule has 1 saturated heterocycles. The van der Waals surface area contributed by atoms with E-state index in [9.17, 15) is 19.2 Å². The highest BCUT2D eigenvalue weighted by Gasteiger charge is 2.31. The number of thioether (sulfide) groups is 1. The van der Waals surface area contributed by atoms with Gasteiger partial charge in [-0.25, -0.2) is 4.79 Å². The molecule has 0 aromatic heterocycles. The number of rotatable bonds is 10. The number of ether oxygens (including phenoxy) is 3. The number of anilines is 3. The highest BCUT2D eigenvalue weighted by molar-refractivity contribution is 8.15. The van der Waals surface area contributed by atoms with Crippen molar-refractivity contribution in [3.05, 3.63) is 72.3 Å². The molecule has 0 aliphatic carbocycles. The molecule has 1 fully saturated rings. The van der Waals surface area contributed by atoms with Gasteiger partial charge in [-0.15, -0.1) is 0 Å². The number of imide groups is 1. The number of carbonyl (C=O) groups is 4. The molecule has 1 atom stereocenters. The maximum Gasteiger partial charge on any atom is 0.414 e. The zero-order chi connectivity index (χ0) is 32.0. The Bertz CT molecular complexity index is 1540. The van der Waals surface area contributed by atoms with E-state index in [-0.39, 0.29) is 17.8 Å². The lowest BCUT2D eigenvalue weighted by Gasteiger charge is -2.26. The van der Waals surface area contributed by atoms with Gasteiger partial charge in [-0.3, -0.25) is 24.6 Å². The van der Waals surface area contributed by atoms with Gasteiger partial charge in [0.1, 0.15) is 22.8 Å². The van der Waals surface area contributed by atoms with Crippen molar-refractivity contribution in [1.29, 1.82) is 0 Å². The normalized spacial score (nSPS) is 14.5. The number of carbonyl (C=O) groups excluding carboxylic acids is 4. The molecular formula is C32H36N4O7S. The Morgan fingerprint density at radius 3 is 2.25 bits per heavy atom. The molecule has 3 aromatic carbocycles. The van der Waals surface area contributed by atoms with Gasteiger partial charge in [-0.05, 0) is 69.2 Å². The van der Waals surface area contributed by atoms with Crippen molar-refractivity contribution in [3.63, 3.8) is 0 Å². The summed E-state index contributed by atoms with van der Waals surface area (Å²) in [5.74, 6) is 0.776. The van der Waals surface area contributed by atoms with Crippen molar-refractivity contribution in [2.45, 2.75) is 38.0 Å². The Balaban J connectivity index is 1.45. The van der Waals surface area contributed by atoms with Crippen LogP contribution < -0.4 is 29.9 Å². The van der Waals surface area contributed by atoms with E-state index in [0.29, 0.717) is 35.0 Å². The van der Waals surface area contributed by atoms with Crippen molar-refractivity contribution in [2.24, 2.45) is 0 Å². The number of amides is 4. The summed E-state index contributed by atoms with van der Waals surface area (Å²) in [7, 11) is 5.42. The molecule has 4 amide bonds. The fourth-order valence-corrected chi connectivity index (χ4v) is 5.01. The maximum atomic E-state index is 12.9. The SMILES string of the molecule is CN(C)c1cccc(Oc2ccc(NC(=O)COc3ccc(CC4SC(=O)NC4=O)cc3)c(N(C)C(=O)OC(C)(C)C)c2)c1. The lowest BCUT2D eigenvalue weighted by atomic mass is 10.1. The number of nitrogens with zero attached hydrogens (tertiary/aromatic N) is 2. The molecule has 0 radical (unpaired) electrons. The monoisotopic (exact) mass is 620 g/mol. The first kappa shape index (κ1) is 32.2. The van der Waals surface area contributed by atoms with Crippen LogP contribution in [-0.4, -0.2) is 61.7 Å². The highest BCUT2D eigenvalue weighted by Crippen LogP contribution is 2.34. The molecule has 1 aliphatic heterocycles. The molecule has 0 bridgehead atoms. The molecule has 4 rings (SSSR count). The van der Waals surface area contributed by atoms with Crippen LogP contribution in [0.3, 0.4) is 0 Å². The maximum absolute atomic E-state index is 12.9. The Labute approximate surface area is 260 Å². The Morgan fingerprint density at radius 2 is 1.61 bits per heavy atom. The van der Waals surface area contributed by atoms with E-state index in [4.69, 9.17) is 14.2 Å². The summed E-state index contributed by atoms with van der Waals surface area (Å²) in [5, 5.41) is 4.28. The minimum absolute atomic E-state index is 0.292. The quantitative estimate of drug-likeness (QED) is 0.288. The molecule has 11 nitrogen and oxygen atoms in total. The second kappa shape index (κ2) is 13.7. The number of hydrogen-bond acceptors (Lipinski definition) is 9. The summed E-state index contributed by atoms with van der Waals surface area (Å²) in [6.45, 7) is 5.02. The molecule has 0 spiro atoms. The summed E-state index contributed by atoms with van der Waals surface area (Å²) in [6.07, 6.45) is -0.202. The number of benzene rings is 3. The van der Waals surface area contributed by atoms with E-state index in [1.54, 1.807) is 70.3 Å². The second-order valence-electron chi connectivity index (χ2n) is 11.3. The topological polar surface area (TPSA) is 127 Å². The van der Waals surface area contributed by atoms with Gasteiger partial charge in [0, 0.05) is 39.0 Å². The van der Waals surface area contributed by atoms with Crippen LogP contribution in [0.5, 0.6) is 17.2 Å². The van der Waals surface area contributed by atoms with Gasteiger partial charge < -0.3 is 24.4 Å². The van der Waals surface area contributed by atoms with Crippen LogP contribution in [0.2, 0.25) is 0 Å². The molecule has 3 aromatic rings. The molecular weight excluding hydrogens is 584 g/mol. The van der Waals surface area contributed by atoms with Crippen LogP contribution >= 0.6 is 11.8 Å². The first-order valence-corrected chi connectivity index (χ1v) is 14.7. The zero-order valence-corrected chi connectivity index (χ0v) is 26.3. The third-order valence-corrected chi connectivity index (χ3v) is 7.30. The van der Waals surface area contributed by atoms with E-state index in [1.165, 1.54) is 4.90 Å². The van der Waals surface area contributed by atoms with Gasteiger partial charge in [0.2, 0.25) is 5.91 Å². The van der Waals surface area contributed by atoms with E-state index in [2.05, 4.69) is 10.6 Å². The summed E-state index contributed by atoms with van der Waals surface area (Å²) >= 11 is 0.972. The summed E-state index contributed by atoms with van der Waals surface area (Å²) in [5.41, 5.74) is 1.82. The first-order valence-electron chi connectivity index (χ1n) is 13.9. The minimum atomic E-state index is -0.724. The van der Waals surface area contributed by atoms with Gasteiger partial charge in [0.15, 0.2) is 6.61 Å². The largest absolute Gasteiger partial charge is 0.484 e. The average Bonchev–Trinajstić information content (AvgIpc) is 3.28. The summed E-state index contributed by atoms with van der Waals surface area (Å²) < 4.78 is 17.3. The predicted octanol–water partition coefficient (Wildman–Crippen LogP) is 5.83. The van der Waals surface area contributed by atoms with Crippen molar-refractivity contribution in [3.8, 4) is 17.2 Å². The Morgan fingerprint density at radius 1 is 0.932 bits per heavy atom. The Kier molecular flexibility index (Phi) is 10.0. The van der Waals surface area contributed by atoms with Gasteiger partial charge in [0.05, 0.1) is 16.6 Å². The van der Waals surface area contributed by atoms with Crippen LogP contribution in [0, 0.1) is 0 Å². The van der Waals surface area contributed by atoms with Crippen LogP contribution in [0.15, 0.2) is 66.7 Å². The van der Waals surface area contributed by atoms with Crippen LogP contribution in [0.4, 0.5) is 26.7 Å². The van der Waals surface area contributed by atoms with Crippen molar-refractivity contribution in [2.75, 3.05) is 42.9 Å². The van der Waals surface area contributed by atoms with Gasteiger partial charge in [-0.2, -0.15) is 0 Å². The third kappa shape index (κ3) is 8.90. The molecule has 1 aliphatic rings. The van der Waals surface area contributed by atoms with Crippen LogP contribution in [-0.2, 0) is 20.7 Å². The van der Waals surface area contributed by atoms with E-state index >= 15 is 0 Å². The summed E-state index contributed by atoms with van der Waals surface area (Å²) in [6, 6.07) is 19.5. The standard InChI is InChI=1S/C32H36N4O7S/c1-32(2,3)43-31(40)36(6)26-18-24(42-23-9-7-8-21(17-23)35(4)5)14-15-25(26)33-28(37)19-41-22-12-10-20(11-13-22)16-27-29(38)34-30(39)44-27/h7-15,17-18,27H,16,19H2,1-6H3,(H,33,37)(H,34,38,39). The van der Waals surface area contributed by atoms with E-state index < -0.39 is 22.9 Å². The van der Waals surface area contributed by atoms with Crippen molar-refractivity contribution >= 4 is 52.0 Å². The molecule has 232 valence electrons. The molecule has 0 saturated carbocycles. The van der Waals surface area contributed by atoms with Crippen molar-refractivity contribution in [1.82, 2.24) is 5.32 Å². The molecule has 2 N–H and O–H groups in total. The summed E-state index contributed by atoms with van der Waals surface area (Å²) in [4.78, 5) is 52.3. The van der Waals surface area contributed by atoms with Gasteiger partial charge in [-0.1, -0.05) is 30.0 Å². The molecule has 1 heterocycles. The molecule has 1 unspecified atom stereocenters. The highest BCUT2D eigenvalue weighted by atomic mass is 32.2. The van der Waals surface area contributed by atoms with Gasteiger partial charge >= 0.3 is 6.09 Å². The van der Waals surface area contributed by atoms with Crippen molar-refractivity contribution < 1.29 is 33.4 Å². The number of nitrogens with one attached hydrogen (secondary N) is 2. The average molecular weight is 621 g/mol. The molecule has 12 heteroatoms. The number of hydrogen-bond donors (Lipinski definition) is 2. The predicted molar refractivity (Wildman–Crippen MR) is 171 cm³/mol. The fraction of sp³-hybridized carbons (Fsp3) is 0.312. The minimum Gasteiger partial charge on any atom is -0.484 e. The third-order valence-electron chi connectivity index (χ3n) is 6.32. The zero-order valence-electron chi connectivity index (χ0n) is 25.5. The second-order valence-corrected chi connectivity index (χ2v) is 12.5. The lowest BCUT2D eigenvalue weighted by Crippen LogP contribution is -2.34. The van der Waals surface area contributed by atoms with E-state index in [1.807, 2.05) is 43.3 Å². The fourth-order valence-electron chi connectivity index (χ4n) is 4.15. The lowest BCUT2D eigenvalue weighted by molar-refractivity contribution is -0.119. The van der Waals surface area contributed by atoms with Crippen LogP contribution in [0.25, 0.3) is 0 Å². The van der Waals surface area contributed by atoms with Gasteiger partial charge in [0.25, 0.3) is 11.1 Å². The smallest absolute Gasteiger partial charge is 0.414 e. The van der Waals surface area contributed by atoms with Crippen LogP contribution in [0.1, 0.15) is 26.3 Å². The first-order chi connectivity index (χ1) is 20.8. The molecule has 44 heavy (non-hydrogen) atoms.